The molecule has 0 saturated carbocycles. The lowest BCUT2D eigenvalue weighted by Gasteiger charge is -2.16. The smallest absolute Gasteiger partial charge is 0.279 e. The number of thiophene rings is 1. The van der Waals surface area contributed by atoms with Crippen molar-refractivity contribution in [1.82, 2.24) is 0 Å². The first-order valence-corrected chi connectivity index (χ1v) is 10.3. The van der Waals surface area contributed by atoms with E-state index < -0.39 is 0 Å². The van der Waals surface area contributed by atoms with Crippen LogP contribution in [0.3, 0.4) is 0 Å². The first-order chi connectivity index (χ1) is 13.6. The molecule has 0 aliphatic rings. The van der Waals surface area contributed by atoms with Crippen molar-refractivity contribution in [3.63, 3.8) is 0 Å². The predicted molar refractivity (Wildman–Crippen MR) is 115 cm³/mol. The van der Waals surface area contributed by atoms with E-state index in [1.807, 2.05) is 24.3 Å². The Labute approximate surface area is 170 Å². The SMILES string of the molecule is COc1cccc(NC(=O)C[NH2+][C@@H](c2ccc(C(C)C)cc2)c2cccs2)c1. The van der Waals surface area contributed by atoms with Crippen LogP contribution in [0.1, 0.15) is 41.8 Å². The number of rotatable bonds is 8. The summed E-state index contributed by atoms with van der Waals surface area (Å²) < 4.78 is 5.21. The van der Waals surface area contributed by atoms with Crippen LogP contribution in [0.25, 0.3) is 0 Å². The van der Waals surface area contributed by atoms with E-state index in [1.165, 1.54) is 16.0 Å². The number of amides is 1. The van der Waals surface area contributed by atoms with Gasteiger partial charge in [0.25, 0.3) is 5.91 Å². The molecule has 1 amide bonds. The van der Waals surface area contributed by atoms with Gasteiger partial charge in [-0.05, 0) is 35.1 Å². The highest BCUT2D eigenvalue weighted by molar-refractivity contribution is 7.10. The Morgan fingerprint density at radius 3 is 2.46 bits per heavy atom. The Morgan fingerprint density at radius 2 is 1.82 bits per heavy atom. The molecular formula is C23H27N2O2S+. The summed E-state index contributed by atoms with van der Waals surface area (Å²) in [5, 5.41) is 7.11. The molecule has 0 bridgehead atoms. The van der Waals surface area contributed by atoms with E-state index in [1.54, 1.807) is 18.4 Å². The summed E-state index contributed by atoms with van der Waals surface area (Å²) in [6, 6.07) is 20.4. The monoisotopic (exact) mass is 395 g/mol. The van der Waals surface area contributed by atoms with Crippen molar-refractivity contribution >= 4 is 22.9 Å². The quantitative estimate of drug-likeness (QED) is 0.601. The van der Waals surface area contributed by atoms with Crippen molar-refractivity contribution in [3.05, 3.63) is 82.0 Å². The van der Waals surface area contributed by atoms with Crippen molar-refractivity contribution in [2.75, 3.05) is 19.0 Å². The van der Waals surface area contributed by atoms with Gasteiger partial charge < -0.3 is 15.4 Å². The van der Waals surface area contributed by atoms with Crippen LogP contribution in [-0.2, 0) is 4.79 Å². The number of nitrogens with one attached hydrogen (secondary N) is 1. The molecule has 0 aliphatic carbocycles. The van der Waals surface area contributed by atoms with Gasteiger partial charge in [0, 0.05) is 17.3 Å². The minimum absolute atomic E-state index is 0.0337. The summed E-state index contributed by atoms with van der Waals surface area (Å²) in [6.07, 6.45) is 0. The fourth-order valence-corrected chi connectivity index (χ4v) is 3.96. The lowest BCUT2D eigenvalue weighted by Crippen LogP contribution is -2.87. The maximum Gasteiger partial charge on any atom is 0.279 e. The van der Waals surface area contributed by atoms with Crippen LogP contribution in [-0.4, -0.2) is 19.6 Å². The molecule has 0 radical (unpaired) electrons. The number of carbonyl (C=O) groups excluding carboxylic acids is 1. The van der Waals surface area contributed by atoms with E-state index in [9.17, 15) is 4.79 Å². The van der Waals surface area contributed by atoms with E-state index in [0.29, 0.717) is 12.5 Å². The second kappa shape index (κ2) is 9.53. The molecule has 1 atom stereocenters. The predicted octanol–water partition coefficient (Wildman–Crippen LogP) is 4.17. The Balaban J connectivity index is 1.69. The number of quaternary nitrogens is 1. The second-order valence-corrected chi connectivity index (χ2v) is 8.01. The highest BCUT2D eigenvalue weighted by atomic mass is 32.1. The van der Waals surface area contributed by atoms with Crippen LogP contribution in [0, 0.1) is 0 Å². The normalized spacial score (nSPS) is 12.0. The molecule has 5 heteroatoms. The molecule has 1 aromatic heterocycles. The molecule has 28 heavy (non-hydrogen) atoms. The van der Waals surface area contributed by atoms with Gasteiger partial charge in [-0.1, -0.05) is 50.2 Å². The lowest BCUT2D eigenvalue weighted by molar-refractivity contribution is -0.675. The van der Waals surface area contributed by atoms with Crippen LogP contribution in [0.15, 0.2) is 66.0 Å². The average Bonchev–Trinajstić information content (AvgIpc) is 3.23. The van der Waals surface area contributed by atoms with Crippen molar-refractivity contribution < 1.29 is 14.8 Å². The molecule has 2 aromatic carbocycles. The summed E-state index contributed by atoms with van der Waals surface area (Å²) in [5.41, 5.74) is 3.28. The van der Waals surface area contributed by atoms with Crippen molar-refractivity contribution in [3.8, 4) is 5.75 Å². The summed E-state index contributed by atoms with van der Waals surface area (Å²) in [6.45, 7) is 4.73. The first-order valence-electron chi connectivity index (χ1n) is 9.47. The van der Waals surface area contributed by atoms with Gasteiger partial charge in [-0.3, -0.25) is 4.79 Å². The van der Waals surface area contributed by atoms with Crippen LogP contribution >= 0.6 is 11.3 Å². The van der Waals surface area contributed by atoms with E-state index in [2.05, 4.69) is 66.3 Å². The van der Waals surface area contributed by atoms with Crippen LogP contribution < -0.4 is 15.4 Å². The zero-order valence-electron chi connectivity index (χ0n) is 16.5. The van der Waals surface area contributed by atoms with Crippen molar-refractivity contribution in [2.24, 2.45) is 0 Å². The number of hydrogen-bond acceptors (Lipinski definition) is 3. The van der Waals surface area contributed by atoms with Gasteiger partial charge in [0.05, 0.1) is 12.0 Å². The van der Waals surface area contributed by atoms with E-state index >= 15 is 0 Å². The maximum atomic E-state index is 12.5. The van der Waals surface area contributed by atoms with Gasteiger partial charge in [0.15, 0.2) is 6.54 Å². The van der Waals surface area contributed by atoms with Gasteiger partial charge >= 0.3 is 0 Å². The maximum absolute atomic E-state index is 12.5. The molecule has 0 saturated heterocycles. The molecule has 3 aromatic rings. The number of carbonyl (C=O) groups is 1. The molecular weight excluding hydrogens is 368 g/mol. The van der Waals surface area contributed by atoms with E-state index in [4.69, 9.17) is 4.74 Å². The van der Waals surface area contributed by atoms with Gasteiger partial charge in [0.1, 0.15) is 11.8 Å². The number of ether oxygens (including phenoxy) is 1. The Morgan fingerprint density at radius 1 is 1.07 bits per heavy atom. The molecule has 1 heterocycles. The molecule has 3 N–H and O–H groups in total. The average molecular weight is 396 g/mol. The van der Waals surface area contributed by atoms with E-state index in [0.717, 1.165) is 11.4 Å². The minimum atomic E-state index is -0.0337. The summed E-state index contributed by atoms with van der Waals surface area (Å²) in [7, 11) is 1.62. The highest BCUT2D eigenvalue weighted by Gasteiger charge is 2.20. The number of hydrogen-bond donors (Lipinski definition) is 2. The molecule has 0 unspecified atom stereocenters. The summed E-state index contributed by atoms with van der Waals surface area (Å²) in [4.78, 5) is 13.7. The van der Waals surface area contributed by atoms with Gasteiger partial charge in [-0.2, -0.15) is 0 Å². The van der Waals surface area contributed by atoms with E-state index in [-0.39, 0.29) is 11.9 Å². The zero-order valence-corrected chi connectivity index (χ0v) is 17.3. The molecule has 146 valence electrons. The molecule has 3 rings (SSSR count). The third-order valence-electron chi connectivity index (χ3n) is 4.70. The second-order valence-electron chi connectivity index (χ2n) is 7.03. The number of nitrogens with two attached hydrogens (primary N) is 1. The molecule has 0 spiro atoms. The molecule has 4 nitrogen and oxygen atoms in total. The van der Waals surface area contributed by atoms with Crippen molar-refractivity contribution in [1.29, 1.82) is 0 Å². The largest absolute Gasteiger partial charge is 0.497 e. The van der Waals surface area contributed by atoms with Crippen molar-refractivity contribution in [2.45, 2.75) is 25.8 Å². The van der Waals surface area contributed by atoms with Gasteiger partial charge in [-0.15, -0.1) is 11.3 Å². The third-order valence-corrected chi connectivity index (χ3v) is 5.66. The third kappa shape index (κ3) is 5.21. The highest BCUT2D eigenvalue weighted by Crippen LogP contribution is 2.24. The number of benzene rings is 2. The molecule has 0 fully saturated rings. The Bertz CT molecular complexity index is 889. The molecule has 0 aliphatic heterocycles. The summed E-state index contributed by atoms with van der Waals surface area (Å²) >= 11 is 1.72. The van der Waals surface area contributed by atoms with Crippen LogP contribution in [0.4, 0.5) is 5.69 Å². The zero-order chi connectivity index (χ0) is 19.9. The number of methoxy groups -OCH3 is 1. The Kier molecular flexibility index (Phi) is 6.85. The van der Waals surface area contributed by atoms with Gasteiger partial charge in [-0.25, -0.2) is 0 Å². The van der Waals surface area contributed by atoms with Crippen LogP contribution in [0.2, 0.25) is 0 Å². The standard InChI is InChI=1S/C23H26N2O2S/c1-16(2)17-9-11-18(12-10-17)23(21-8-5-13-28-21)24-15-22(26)25-19-6-4-7-20(14-19)27-3/h4-14,16,23-24H,15H2,1-3H3,(H,25,26)/p+1/t23-/m0/s1. The summed E-state index contributed by atoms with van der Waals surface area (Å²) in [5.74, 6) is 1.20. The van der Waals surface area contributed by atoms with Crippen LogP contribution in [0.5, 0.6) is 5.75 Å². The number of anilines is 1. The lowest BCUT2D eigenvalue weighted by atomic mass is 9.98. The fourth-order valence-electron chi connectivity index (χ4n) is 3.11. The van der Waals surface area contributed by atoms with Gasteiger partial charge in [0.2, 0.25) is 0 Å². The topological polar surface area (TPSA) is 54.9 Å². The Hall–Kier alpha value is -2.63. The first kappa shape index (κ1) is 20.1. The minimum Gasteiger partial charge on any atom is -0.497 e. The fraction of sp³-hybridized carbons (Fsp3) is 0.261.